The number of guanidine groups is 1. The molecule has 130 valence electrons. The zero-order chi connectivity index (χ0) is 16.3. The molecule has 2 heterocycles. The maximum Gasteiger partial charge on any atom is 0.191 e. The molecule has 1 fully saturated rings. The van der Waals surface area contributed by atoms with Gasteiger partial charge in [0.1, 0.15) is 5.01 Å². The lowest BCUT2D eigenvalue weighted by Gasteiger charge is -2.26. The average molecular weight is 340 g/mol. The first-order valence-corrected chi connectivity index (χ1v) is 9.31. The molecule has 0 saturated carbocycles. The van der Waals surface area contributed by atoms with Gasteiger partial charge in [0.25, 0.3) is 0 Å². The summed E-state index contributed by atoms with van der Waals surface area (Å²) in [6.07, 6.45) is 5.36. The van der Waals surface area contributed by atoms with Gasteiger partial charge >= 0.3 is 0 Å². The molecule has 1 aliphatic heterocycles. The molecule has 1 aromatic heterocycles. The van der Waals surface area contributed by atoms with Gasteiger partial charge < -0.3 is 15.4 Å². The number of aryl methyl sites for hydroxylation is 1. The molecule has 0 aliphatic carbocycles. The van der Waals surface area contributed by atoms with Crippen LogP contribution < -0.4 is 10.6 Å². The zero-order valence-corrected chi connectivity index (χ0v) is 15.1. The maximum absolute atomic E-state index is 5.36. The normalized spacial score (nSPS) is 16.5. The largest absolute Gasteiger partial charge is 0.379 e. The third kappa shape index (κ3) is 6.85. The van der Waals surface area contributed by atoms with E-state index in [1.165, 1.54) is 11.3 Å². The lowest BCUT2D eigenvalue weighted by Crippen LogP contribution is -2.38. The third-order valence-corrected chi connectivity index (χ3v) is 5.02. The molecule has 23 heavy (non-hydrogen) atoms. The van der Waals surface area contributed by atoms with Crippen LogP contribution in [-0.4, -0.2) is 62.3 Å². The predicted molar refractivity (Wildman–Crippen MR) is 96.2 cm³/mol. The standard InChI is InChI=1S/C16H29N5OS/c1-3-14-12-19-15(23-14)13-20-16(17-2)18-6-4-5-7-21-8-10-22-11-9-21/h12H,3-11,13H2,1-2H3,(H2,17,18,20). The zero-order valence-electron chi connectivity index (χ0n) is 14.3. The van der Waals surface area contributed by atoms with E-state index in [-0.39, 0.29) is 0 Å². The van der Waals surface area contributed by atoms with Gasteiger partial charge in [0.15, 0.2) is 5.96 Å². The predicted octanol–water partition coefficient (Wildman–Crippen LogP) is 1.48. The summed E-state index contributed by atoms with van der Waals surface area (Å²) < 4.78 is 5.36. The van der Waals surface area contributed by atoms with Gasteiger partial charge in [0, 0.05) is 37.8 Å². The highest BCUT2D eigenvalue weighted by Gasteiger charge is 2.09. The lowest BCUT2D eigenvalue weighted by atomic mass is 10.3. The van der Waals surface area contributed by atoms with Gasteiger partial charge in [0.05, 0.1) is 19.8 Å². The van der Waals surface area contributed by atoms with Crippen LogP contribution in [0.3, 0.4) is 0 Å². The molecule has 7 heteroatoms. The number of ether oxygens (including phenoxy) is 1. The van der Waals surface area contributed by atoms with Crippen LogP contribution in [0.2, 0.25) is 0 Å². The van der Waals surface area contributed by atoms with E-state index in [0.29, 0.717) is 0 Å². The second-order valence-electron chi connectivity index (χ2n) is 5.59. The Hall–Kier alpha value is -1.18. The summed E-state index contributed by atoms with van der Waals surface area (Å²) in [7, 11) is 1.81. The number of hydrogen-bond acceptors (Lipinski definition) is 5. The molecule has 1 saturated heterocycles. The summed E-state index contributed by atoms with van der Waals surface area (Å²) in [5.41, 5.74) is 0. The highest BCUT2D eigenvalue weighted by molar-refractivity contribution is 7.11. The first kappa shape index (κ1) is 18.2. The number of hydrogen-bond donors (Lipinski definition) is 2. The number of nitrogens with zero attached hydrogens (tertiary/aromatic N) is 3. The molecule has 0 bridgehead atoms. The number of aromatic nitrogens is 1. The van der Waals surface area contributed by atoms with E-state index in [1.807, 2.05) is 13.2 Å². The minimum absolute atomic E-state index is 0.734. The molecule has 2 N–H and O–H groups in total. The Kier molecular flexibility index (Phi) is 8.35. The monoisotopic (exact) mass is 339 g/mol. The molecule has 0 aromatic carbocycles. The van der Waals surface area contributed by atoms with Gasteiger partial charge in [0.2, 0.25) is 0 Å². The fourth-order valence-corrected chi connectivity index (χ4v) is 3.27. The number of unbranched alkanes of at least 4 members (excludes halogenated alkanes) is 1. The first-order chi connectivity index (χ1) is 11.3. The van der Waals surface area contributed by atoms with Crippen LogP contribution in [0.4, 0.5) is 0 Å². The van der Waals surface area contributed by atoms with E-state index in [2.05, 4.69) is 32.4 Å². The topological polar surface area (TPSA) is 61.8 Å². The molecule has 6 nitrogen and oxygen atoms in total. The molecule has 2 rings (SSSR count). The second-order valence-corrected chi connectivity index (χ2v) is 6.79. The quantitative estimate of drug-likeness (QED) is 0.427. The molecule has 1 aliphatic rings. The molecular weight excluding hydrogens is 310 g/mol. The molecule has 0 spiro atoms. The van der Waals surface area contributed by atoms with Crippen LogP contribution in [-0.2, 0) is 17.7 Å². The van der Waals surface area contributed by atoms with Gasteiger partial charge in [-0.05, 0) is 25.8 Å². The molecule has 0 amide bonds. The maximum atomic E-state index is 5.36. The van der Waals surface area contributed by atoms with Crippen LogP contribution >= 0.6 is 11.3 Å². The molecule has 0 radical (unpaired) electrons. The van der Waals surface area contributed by atoms with Gasteiger partial charge in [-0.25, -0.2) is 4.98 Å². The molecule has 0 atom stereocenters. The van der Waals surface area contributed by atoms with Gasteiger partial charge in [-0.15, -0.1) is 11.3 Å². The Balaban J connectivity index is 1.55. The van der Waals surface area contributed by atoms with Crippen LogP contribution in [0.25, 0.3) is 0 Å². The van der Waals surface area contributed by atoms with Crippen molar-refractivity contribution in [1.82, 2.24) is 20.5 Å². The van der Waals surface area contributed by atoms with E-state index >= 15 is 0 Å². The van der Waals surface area contributed by atoms with Crippen molar-refractivity contribution in [2.45, 2.75) is 32.7 Å². The number of rotatable bonds is 8. The molecular formula is C16H29N5OS. The van der Waals surface area contributed by atoms with Crippen molar-refractivity contribution in [1.29, 1.82) is 0 Å². The van der Waals surface area contributed by atoms with Crippen molar-refractivity contribution in [3.05, 3.63) is 16.1 Å². The van der Waals surface area contributed by atoms with Crippen molar-refractivity contribution in [3.63, 3.8) is 0 Å². The van der Waals surface area contributed by atoms with E-state index < -0.39 is 0 Å². The summed E-state index contributed by atoms with van der Waals surface area (Å²) in [5, 5.41) is 7.80. The summed E-state index contributed by atoms with van der Waals surface area (Å²) in [6, 6.07) is 0. The smallest absolute Gasteiger partial charge is 0.191 e. The Morgan fingerprint density at radius 1 is 1.35 bits per heavy atom. The Morgan fingerprint density at radius 2 is 2.17 bits per heavy atom. The summed E-state index contributed by atoms with van der Waals surface area (Å²) in [6.45, 7) is 8.91. The minimum Gasteiger partial charge on any atom is -0.379 e. The second kappa shape index (κ2) is 10.6. The van der Waals surface area contributed by atoms with Crippen molar-refractivity contribution in [2.75, 3.05) is 46.4 Å². The number of nitrogens with one attached hydrogen (secondary N) is 2. The Bertz CT molecular complexity index is 471. The summed E-state index contributed by atoms with van der Waals surface area (Å²) >= 11 is 1.76. The fraction of sp³-hybridized carbons (Fsp3) is 0.750. The fourth-order valence-electron chi connectivity index (χ4n) is 2.47. The number of aliphatic imine (C=N–C) groups is 1. The van der Waals surface area contributed by atoms with Gasteiger partial charge in [-0.2, -0.15) is 0 Å². The third-order valence-electron chi connectivity index (χ3n) is 3.88. The Morgan fingerprint density at radius 3 is 2.87 bits per heavy atom. The average Bonchev–Trinajstić information content (AvgIpc) is 3.06. The van der Waals surface area contributed by atoms with E-state index in [9.17, 15) is 0 Å². The van der Waals surface area contributed by atoms with Crippen molar-refractivity contribution in [3.8, 4) is 0 Å². The molecule has 0 unspecified atom stereocenters. The minimum atomic E-state index is 0.734. The SMILES string of the molecule is CCc1cnc(CNC(=NC)NCCCCN2CCOCC2)s1. The van der Waals surface area contributed by atoms with Gasteiger partial charge in [-0.1, -0.05) is 6.92 Å². The Labute approximate surface area is 143 Å². The van der Waals surface area contributed by atoms with Crippen molar-refractivity contribution < 1.29 is 4.74 Å². The van der Waals surface area contributed by atoms with E-state index in [4.69, 9.17) is 4.74 Å². The van der Waals surface area contributed by atoms with E-state index in [0.717, 1.165) is 69.7 Å². The first-order valence-electron chi connectivity index (χ1n) is 8.50. The number of morpholine rings is 1. The number of thiazole rings is 1. The van der Waals surface area contributed by atoms with E-state index in [1.54, 1.807) is 11.3 Å². The van der Waals surface area contributed by atoms with Crippen LogP contribution in [0, 0.1) is 0 Å². The van der Waals surface area contributed by atoms with Crippen molar-refractivity contribution >= 4 is 17.3 Å². The van der Waals surface area contributed by atoms with Crippen LogP contribution in [0.1, 0.15) is 29.7 Å². The van der Waals surface area contributed by atoms with Crippen LogP contribution in [0.5, 0.6) is 0 Å². The lowest BCUT2D eigenvalue weighted by molar-refractivity contribution is 0.0372. The van der Waals surface area contributed by atoms with Gasteiger partial charge in [-0.3, -0.25) is 9.89 Å². The molecule has 1 aromatic rings. The highest BCUT2D eigenvalue weighted by atomic mass is 32.1. The van der Waals surface area contributed by atoms with Crippen molar-refractivity contribution in [2.24, 2.45) is 4.99 Å². The highest BCUT2D eigenvalue weighted by Crippen LogP contribution is 2.12. The van der Waals surface area contributed by atoms with Crippen LogP contribution in [0.15, 0.2) is 11.2 Å². The summed E-state index contributed by atoms with van der Waals surface area (Å²) in [5.74, 6) is 0.852. The summed E-state index contributed by atoms with van der Waals surface area (Å²) in [4.78, 5) is 12.5.